The van der Waals surface area contributed by atoms with Crippen LogP contribution in [0, 0.1) is 0 Å². The minimum atomic E-state index is -0.237. The van der Waals surface area contributed by atoms with Gasteiger partial charge >= 0.3 is 5.97 Å². The molecule has 28 heavy (non-hydrogen) atoms. The number of esters is 1. The van der Waals surface area contributed by atoms with Crippen LogP contribution in [0.5, 0.6) is 5.75 Å². The van der Waals surface area contributed by atoms with Gasteiger partial charge in [0.15, 0.2) is 0 Å². The van der Waals surface area contributed by atoms with Gasteiger partial charge in [0.2, 0.25) is 11.7 Å². The summed E-state index contributed by atoms with van der Waals surface area (Å²) in [4.78, 5) is 20.1. The third-order valence-corrected chi connectivity index (χ3v) is 4.27. The lowest BCUT2D eigenvalue weighted by atomic mass is 10.3. The van der Waals surface area contributed by atoms with Crippen LogP contribution in [0.15, 0.2) is 57.8 Å². The third kappa shape index (κ3) is 6.45. The van der Waals surface area contributed by atoms with Crippen LogP contribution in [-0.4, -0.2) is 34.3 Å². The quantitative estimate of drug-likeness (QED) is 0.340. The molecule has 146 valence electrons. The largest absolute Gasteiger partial charge is 0.494 e. The molecule has 0 radical (unpaired) electrons. The number of hydrogen-bond acceptors (Lipinski definition) is 7. The van der Waals surface area contributed by atoms with Crippen LogP contribution in [0.2, 0.25) is 0 Å². The van der Waals surface area contributed by atoms with E-state index in [1.165, 1.54) is 0 Å². The number of aromatic nitrogens is 3. The summed E-state index contributed by atoms with van der Waals surface area (Å²) in [6.07, 6.45) is 5.45. The summed E-state index contributed by atoms with van der Waals surface area (Å²) in [5.41, 5.74) is 0.800. The maximum absolute atomic E-state index is 11.8. The minimum absolute atomic E-state index is 0.237. The number of halogens is 1. The van der Waals surface area contributed by atoms with Crippen molar-refractivity contribution in [3.05, 3.63) is 59.2 Å². The Morgan fingerprint density at radius 1 is 1.14 bits per heavy atom. The molecule has 0 bridgehead atoms. The van der Waals surface area contributed by atoms with Gasteiger partial charge in [-0.2, -0.15) is 4.98 Å². The van der Waals surface area contributed by atoms with E-state index >= 15 is 0 Å². The molecule has 0 saturated carbocycles. The molecular weight excluding hydrogens is 426 g/mol. The molecule has 2 aromatic heterocycles. The molecule has 0 fully saturated rings. The molecule has 0 aliphatic rings. The molecular formula is C20H20BrN3O4. The van der Waals surface area contributed by atoms with E-state index in [1.54, 1.807) is 12.4 Å². The normalized spacial score (nSPS) is 10.6. The van der Waals surface area contributed by atoms with E-state index in [0.29, 0.717) is 50.6 Å². The molecule has 0 N–H and O–H groups in total. The maximum Gasteiger partial charge on any atom is 0.305 e. The molecule has 0 amide bonds. The van der Waals surface area contributed by atoms with Gasteiger partial charge in [-0.3, -0.25) is 9.78 Å². The highest BCUT2D eigenvalue weighted by atomic mass is 79.9. The molecule has 0 unspecified atom stereocenters. The molecule has 0 spiro atoms. The van der Waals surface area contributed by atoms with Crippen LogP contribution in [0.4, 0.5) is 0 Å². The lowest BCUT2D eigenvalue weighted by Gasteiger charge is -2.06. The van der Waals surface area contributed by atoms with Gasteiger partial charge in [0, 0.05) is 35.3 Å². The van der Waals surface area contributed by atoms with Crippen LogP contribution < -0.4 is 4.74 Å². The number of ether oxygens (including phenoxy) is 2. The Bertz CT molecular complexity index is 886. The van der Waals surface area contributed by atoms with Crippen molar-refractivity contribution in [1.82, 2.24) is 15.1 Å². The van der Waals surface area contributed by atoms with Gasteiger partial charge < -0.3 is 14.0 Å². The summed E-state index contributed by atoms with van der Waals surface area (Å²) in [5, 5.41) is 3.93. The van der Waals surface area contributed by atoms with Gasteiger partial charge in [-0.1, -0.05) is 27.2 Å². The minimum Gasteiger partial charge on any atom is -0.494 e. The average Bonchev–Trinajstić information content (AvgIpc) is 3.18. The van der Waals surface area contributed by atoms with E-state index in [0.717, 1.165) is 15.8 Å². The van der Waals surface area contributed by atoms with E-state index in [2.05, 4.69) is 31.1 Å². The van der Waals surface area contributed by atoms with Crippen LogP contribution in [0.3, 0.4) is 0 Å². The smallest absolute Gasteiger partial charge is 0.305 e. The SMILES string of the molecule is O=C(CCCOc1cccc(Br)c1)OCCCc1nc(-c2cccnc2)no1. The second-order valence-electron chi connectivity index (χ2n) is 5.99. The van der Waals surface area contributed by atoms with Crippen molar-refractivity contribution in [2.24, 2.45) is 0 Å². The second-order valence-corrected chi connectivity index (χ2v) is 6.90. The van der Waals surface area contributed by atoms with E-state index in [1.807, 2.05) is 36.4 Å². The van der Waals surface area contributed by atoms with E-state index in [9.17, 15) is 4.79 Å². The first-order valence-electron chi connectivity index (χ1n) is 8.98. The first-order chi connectivity index (χ1) is 13.7. The van der Waals surface area contributed by atoms with E-state index in [4.69, 9.17) is 14.0 Å². The van der Waals surface area contributed by atoms with Crippen molar-refractivity contribution in [3.63, 3.8) is 0 Å². The molecule has 3 rings (SSSR count). The number of pyridine rings is 1. The highest BCUT2D eigenvalue weighted by Crippen LogP contribution is 2.18. The Hall–Kier alpha value is -2.74. The van der Waals surface area contributed by atoms with Crippen molar-refractivity contribution in [2.75, 3.05) is 13.2 Å². The van der Waals surface area contributed by atoms with Crippen LogP contribution in [0.1, 0.15) is 25.2 Å². The molecule has 0 saturated heterocycles. The summed E-state index contributed by atoms with van der Waals surface area (Å²) in [5.74, 6) is 1.55. The highest BCUT2D eigenvalue weighted by Gasteiger charge is 2.09. The first-order valence-corrected chi connectivity index (χ1v) is 9.77. The Morgan fingerprint density at radius 3 is 2.89 bits per heavy atom. The second kappa shape index (κ2) is 10.6. The molecule has 8 heteroatoms. The zero-order chi connectivity index (χ0) is 19.6. The highest BCUT2D eigenvalue weighted by molar-refractivity contribution is 9.10. The van der Waals surface area contributed by atoms with Gasteiger partial charge in [0.1, 0.15) is 5.75 Å². The molecule has 3 aromatic rings. The average molecular weight is 446 g/mol. The van der Waals surface area contributed by atoms with Crippen LogP contribution in [-0.2, 0) is 16.0 Å². The molecule has 0 aliphatic heterocycles. The van der Waals surface area contributed by atoms with Gasteiger partial charge in [-0.15, -0.1) is 0 Å². The molecule has 2 heterocycles. The number of carbonyl (C=O) groups is 1. The zero-order valence-corrected chi connectivity index (χ0v) is 16.8. The lowest BCUT2D eigenvalue weighted by Crippen LogP contribution is -2.08. The Labute approximate surface area is 171 Å². The van der Waals surface area contributed by atoms with Crippen LogP contribution >= 0.6 is 15.9 Å². The molecule has 0 aliphatic carbocycles. The summed E-state index contributed by atoms with van der Waals surface area (Å²) in [6.45, 7) is 0.778. The van der Waals surface area contributed by atoms with Gasteiger partial charge in [0.25, 0.3) is 0 Å². The van der Waals surface area contributed by atoms with E-state index < -0.39 is 0 Å². The van der Waals surface area contributed by atoms with Crippen molar-refractivity contribution in [3.8, 4) is 17.1 Å². The first kappa shape index (κ1) is 20.0. The van der Waals surface area contributed by atoms with Crippen molar-refractivity contribution in [2.45, 2.75) is 25.7 Å². The zero-order valence-electron chi connectivity index (χ0n) is 15.2. The van der Waals surface area contributed by atoms with Crippen molar-refractivity contribution < 1.29 is 18.8 Å². The van der Waals surface area contributed by atoms with Crippen molar-refractivity contribution in [1.29, 1.82) is 0 Å². The maximum atomic E-state index is 11.8. The fourth-order valence-electron chi connectivity index (χ4n) is 2.41. The number of aryl methyl sites for hydroxylation is 1. The fourth-order valence-corrected chi connectivity index (χ4v) is 2.79. The lowest BCUT2D eigenvalue weighted by molar-refractivity contribution is -0.144. The molecule has 7 nitrogen and oxygen atoms in total. The fraction of sp³-hybridized carbons (Fsp3) is 0.300. The Morgan fingerprint density at radius 2 is 2.07 bits per heavy atom. The Kier molecular flexibility index (Phi) is 7.54. The van der Waals surface area contributed by atoms with Crippen molar-refractivity contribution >= 4 is 21.9 Å². The molecule has 1 aromatic carbocycles. The van der Waals surface area contributed by atoms with Crippen LogP contribution in [0.25, 0.3) is 11.4 Å². The van der Waals surface area contributed by atoms with E-state index in [-0.39, 0.29) is 5.97 Å². The monoisotopic (exact) mass is 445 g/mol. The Balaban J connectivity index is 1.28. The molecule has 0 atom stereocenters. The third-order valence-electron chi connectivity index (χ3n) is 3.78. The standard InChI is InChI=1S/C20H20BrN3O4/c21-16-6-1-7-17(13-16)26-11-4-9-19(25)27-12-3-8-18-23-20(24-28-18)15-5-2-10-22-14-15/h1-2,5-7,10,13-14H,3-4,8-9,11-12H2. The number of rotatable bonds is 10. The number of nitrogens with zero attached hydrogens (tertiary/aromatic N) is 3. The summed E-state index contributed by atoms with van der Waals surface area (Å²) in [7, 11) is 0. The topological polar surface area (TPSA) is 87.3 Å². The summed E-state index contributed by atoms with van der Waals surface area (Å²) in [6, 6.07) is 11.3. The number of carbonyl (C=O) groups excluding carboxylic acids is 1. The number of hydrogen-bond donors (Lipinski definition) is 0. The predicted molar refractivity (Wildman–Crippen MR) is 106 cm³/mol. The number of benzene rings is 1. The van der Waals surface area contributed by atoms with Gasteiger partial charge in [-0.05, 0) is 43.2 Å². The predicted octanol–water partition coefficient (Wildman–Crippen LogP) is 4.23. The van der Waals surface area contributed by atoms with Gasteiger partial charge in [-0.25, -0.2) is 0 Å². The summed E-state index contributed by atoms with van der Waals surface area (Å²) < 4.78 is 17.0. The summed E-state index contributed by atoms with van der Waals surface area (Å²) >= 11 is 3.39. The van der Waals surface area contributed by atoms with Gasteiger partial charge in [0.05, 0.1) is 13.2 Å².